The van der Waals surface area contributed by atoms with Gasteiger partial charge in [0.25, 0.3) is 0 Å². The van der Waals surface area contributed by atoms with Gasteiger partial charge in [-0.3, -0.25) is 14.9 Å². The lowest BCUT2D eigenvalue weighted by Crippen LogP contribution is -2.39. The molecular weight excluding hydrogens is 221 g/mol. The van der Waals surface area contributed by atoms with Crippen molar-refractivity contribution in [3.05, 3.63) is 35.1 Å². The van der Waals surface area contributed by atoms with Crippen molar-refractivity contribution in [1.29, 1.82) is 0 Å². The van der Waals surface area contributed by atoms with E-state index in [9.17, 15) is 14.0 Å². The average molecular weight is 231 g/mol. The first-order valence-corrected chi connectivity index (χ1v) is 5.21. The molecule has 1 aliphatic heterocycles. The molecular formula is C13H10FNO2. The van der Waals surface area contributed by atoms with Gasteiger partial charge in [-0.15, -0.1) is 6.42 Å². The summed E-state index contributed by atoms with van der Waals surface area (Å²) in [6, 6.07) is 4.11. The second-order valence-corrected chi connectivity index (χ2v) is 3.92. The molecule has 1 atom stereocenters. The van der Waals surface area contributed by atoms with Crippen molar-refractivity contribution in [1.82, 2.24) is 5.32 Å². The highest BCUT2D eigenvalue weighted by atomic mass is 19.1. The van der Waals surface area contributed by atoms with Crippen LogP contribution in [0.15, 0.2) is 18.2 Å². The number of rotatable bonds is 1. The first-order chi connectivity index (χ1) is 8.10. The molecule has 1 aromatic rings. The molecule has 1 aromatic carbocycles. The lowest BCUT2D eigenvalue weighted by atomic mass is 9.89. The Bertz CT molecular complexity index is 531. The standard InChI is InChI=1S/C13H10FNO2/c1-2-8-5-9(7-10(14)6-8)11-3-4-12(16)15-13(11)17/h1,5-7,11H,3-4H2,(H,15,16,17). The molecule has 86 valence electrons. The maximum atomic E-state index is 13.3. The summed E-state index contributed by atoms with van der Waals surface area (Å²) in [5, 5.41) is 2.23. The van der Waals surface area contributed by atoms with Crippen LogP contribution in [0.5, 0.6) is 0 Å². The third-order valence-corrected chi connectivity index (χ3v) is 2.73. The van der Waals surface area contributed by atoms with Crippen molar-refractivity contribution < 1.29 is 14.0 Å². The maximum Gasteiger partial charge on any atom is 0.234 e. The number of hydrogen-bond donors (Lipinski definition) is 1. The molecule has 0 spiro atoms. The minimum absolute atomic E-state index is 0.262. The molecule has 0 bridgehead atoms. The summed E-state index contributed by atoms with van der Waals surface area (Å²) in [7, 11) is 0. The van der Waals surface area contributed by atoms with Crippen LogP contribution < -0.4 is 5.32 Å². The summed E-state index contributed by atoms with van der Waals surface area (Å²) in [6.45, 7) is 0. The van der Waals surface area contributed by atoms with Crippen LogP contribution in [0, 0.1) is 18.2 Å². The molecule has 1 saturated heterocycles. The van der Waals surface area contributed by atoms with E-state index in [4.69, 9.17) is 6.42 Å². The van der Waals surface area contributed by atoms with Crippen LogP contribution in [0.2, 0.25) is 0 Å². The van der Waals surface area contributed by atoms with Gasteiger partial charge in [0.05, 0.1) is 5.92 Å². The van der Waals surface area contributed by atoms with Gasteiger partial charge in [0.1, 0.15) is 5.82 Å². The Balaban J connectivity index is 2.34. The van der Waals surface area contributed by atoms with Gasteiger partial charge in [-0.05, 0) is 30.2 Å². The predicted octanol–water partition coefficient (Wildman–Crippen LogP) is 1.33. The van der Waals surface area contributed by atoms with Gasteiger partial charge >= 0.3 is 0 Å². The molecule has 1 aliphatic rings. The first kappa shape index (κ1) is 11.3. The lowest BCUT2D eigenvalue weighted by Gasteiger charge is -2.21. The summed E-state index contributed by atoms with van der Waals surface area (Å²) in [4.78, 5) is 22.6. The van der Waals surface area contributed by atoms with Crippen LogP contribution in [0.4, 0.5) is 4.39 Å². The highest BCUT2D eigenvalue weighted by molar-refractivity contribution is 6.00. The third-order valence-electron chi connectivity index (χ3n) is 2.73. The number of amides is 2. The molecule has 0 aromatic heterocycles. The van der Waals surface area contributed by atoms with Gasteiger partial charge < -0.3 is 0 Å². The number of nitrogens with one attached hydrogen (secondary N) is 1. The van der Waals surface area contributed by atoms with Gasteiger partial charge in [0, 0.05) is 12.0 Å². The number of carbonyl (C=O) groups excluding carboxylic acids is 2. The molecule has 0 saturated carbocycles. The van der Waals surface area contributed by atoms with Crippen LogP contribution in [0.25, 0.3) is 0 Å². The minimum atomic E-state index is -0.504. The van der Waals surface area contributed by atoms with Crippen molar-refractivity contribution in [2.45, 2.75) is 18.8 Å². The second-order valence-electron chi connectivity index (χ2n) is 3.92. The molecule has 1 unspecified atom stereocenters. The zero-order chi connectivity index (χ0) is 12.4. The normalized spacial score (nSPS) is 19.6. The van der Waals surface area contributed by atoms with E-state index < -0.39 is 17.6 Å². The SMILES string of the molecule is C#Cc1cc(F)cc(C2CCC(=O)NC2=O)c1. The molecule has 17 heavy (non-hydrogen) atoms. The second kappa shape index (κ2) is 4.38. The number of piperidine rings is 1. The molecule has 1 fully saturated rings. The molecule has 4 heteroatoms. The quantitative estimate of drug-likeness (QED) is 0.585. The zero-order valence-electron chi connectivity index (χ0n) is 9.00. The fourth-order valence-electron chi connectivity index (χ4n) is 1.91. The largest absolute Gasteiger partial charge is 0.296 e. The Labute approximate surface area is 98.0 Å². The molecule has 1 heterocycles. The molecule has 0 aliphatic carbocycles. The van der Waals surface area contributed by atoms with Crippen molar-refractivity contribution in [2.75, 3.05) is 0 Å². The minimum Gasteiger partial charge on any atom is -0.296 e. The van der Waals surface area contributed by atoms with Crippen LogP contribution in [-0.4, -0.2) is 11.8 Å². The van der Waals surface area contributed by atoms with Crippen molar-refractivity contribution in [3.63, 3.8) is 0 Å². The number of imide groups is 1. The van der Waals surface area contributed by atoms with E-state index in [0.29, 0.717) is 17.5 Å². The number of hydrogen-bond acceptors (Lipinski definition) is 2. The molecule has 1 N–H and O–H groups in total. The highest BCUT2D eigenvalue weighted by Gasteiger charge is 2.28. The van der Waals surface area contributed by atoms with Gasteiger partial charge in [-0.2, -0.15) is 0 Å². The zero-order valence-corrected chi connectivity index (χ0v) is 9.00. The number of halogens is 1. The molecule has 3 nitrogen and oxygen atoms in total. The van der Waals surface area contributed by atoms with Crippen molar-refractivity contribution >= 4 is 11.8 Å². The fraction of sp³-hybridized carbons (Fsp3) is 0.231. The Morgan fingerprint density at radius 1 is 1.35 bits per heavy atom. The van der Waals surface area contributed by atoms with Gasteiger partial charge in [0.15, 0.2) is 0 Å². The topological polar surface area (TPSA) is 46.2 Å². The fourth-order valence-corrected chi connectivity index (χ4v) is 1.91. The summed E-state index contributed by atoms with van der Waals surface area (Å²) in [6.07, 6.45) is 5.85. The summed E-state index contributed by atoms with van der Waals surface area (Å²) in [5.74, 6) is 0.670. The van der Waals surface area contributed by atoms with Crippen molar-refractivity contribution in [2.24, 2.45) is 0 Å². The Morgan fingerprint density at radius 2 is 2.12 bits per heavy atom. The Kier molecular flexibility index (Phi) is 2.92. The van der Waals surface area contributed by atoms with Gasteiger partial charge in [-0.1, -0.05) is 5.92 Å². The van der Waals surface area contributed by atoms with Gasteiger partial charge in [0.2, 0.25) is 11.8 Å². The van der Waals surface area contributed by atoms with E-state index >= 15 is 0 Å². The van der Waals surface area contributed by atoms with Crippen LogP contribution in [0.1, 0.15) is 29.9 Å². The first-order valence-electron chi connectivity index (χ1n) is 5.21. The maximum absolute atomic E-state index is 13.3. The number of terminal acetylenes is 1. The smallest absolute Gasteiger partial charge is 0.234 e. The monoisotopic (exact) mass is 231 g/mol. The highest BCUT2D eigenvalue weighted by Crippen LogP contribution is 2.26. The van der Waals surface area contributed by atoms with E-state index in [-0.39, 0.29) is 12.3 Å². The molecule has 2 amide bonds. The van der Waals surface area contributed by atoms with Crippen LogP contribution in [-0.2, 0) is 9.59 Å². The summed E-state index contributed by atoms with van der Waals surface area (Å²) < 4.78 is 13.3. The van der Waals surface area contributed by atoms with Crippen LogP contribution in [0.3, 0.4) is 0 Å². The number of benzene rings is 1. The van der Waals surface area contributed by atoms with Crippen LogP contribution >= 0.6 is 0 Å². The molecule has 0 radical (unpaired) electrons. The van der Waals surface area contributed by atoms with E-state index in [2.05, 4.69) is 11.2 Å². The van der Waals surface area contributed by atoms with E-state index in [1.54, 1.807) is 6.07 Å². The lowest BCUT2D eigenvalue weighted by molar-refractivity contribution is -0.134. The van der Waals surface area contributed by atoms with E-state index in [1.807, 2.05) is 0 Å². The molecule has 2 rings (SSSR count). The van der Waals surface area contributed by atoms with Gasteiger partial charge in [-0.25, -0.2) is 4.39 Å². The van der Waals surface area contributed by atoms with Crippen molar-refractivity contribution in [3.8, 4) is 12.3 Å². The number of carbonyl (C=O) groups is 2. The Hall–Kier alpha value is -2.15. The Morgan fingerprint density at radius 3 is 2.76 bits per heavy atom. The van der Waals surface area contributed by atoms with E-state index in [0.717, 1.165) is 0 Å². The summed E-state index contributed by atoms with van der Waals surface area (Å²) >= 11 is 0. The summed E-state index contributed by atoms with van der Waals surface area (Å²) in [5.41, 5.74) is 0.910. The predicted molar refractivity (Wildman–Crippen MR) is 59.5 cm³/mol. The third kappa shape index (κ3) is 2.34. The average Bonchev–Trinajstić information content (AvgIpc) is 2.28. The van der Waals surface area contributed by atoms with E-state index in [1.165, 1.54) is 12.1 Å².